The molecule has 21 heavy (non-hydrogen) atoms. The van der Waals surface area contributed by atoms with Gasteiger partial charge in [0.25, 0.3) is 0 Å². The van der Waals surface area contributed by atoms with E-state index in [-0.39, 0.29) is 11.9 Å². The van der Waals surface area contributed by atoms with Crippen LogP contribution in [0.3, 0.4) is 0 Å². The number of hydrogen-bond donors (Lipinski definition) is 0. The second-order valence-corrected chi connectivity index (χ2v) is 5.93. The zero-order valence-corrected chi connectivity index (χ0v) is 12.9. The van der Waals surface area contributed by atoms with Crippen molar-refractivity contribution in [1.82, 2.24) is 14.5 Å². The van der Waals surface area contributed by atoms with Crippen molar-refractivity contribution in [2.24, 2.45) is 0 Å². The highest BCUT2D eigenvalue weighted by Gasteiger charge is 2.25. The molecule has 0 N–H and O–H groups in total. The minimum absolute atomic E-state index is 0.185. The summed E-state index contributed by atoms with van der Waals surface area (Å²) in [7, 11) is 0. The lowest BCUT2D eigenvalue weighted by atomic mass is 10.2. The molecule has 0 spiro atoms. The molecule has 4 heteroatoms. The molecule has 1 unspecified atom stereocenters. The molecule has 1 saturated heterocycles. The zero-order valence-electron chi connectivity index (χ0n) is 12.9. The van der Waals surface area contributed by atoms with Crippen molar-refractivity contribution in [3.05, 3.63) is 30.1 Å². The van der Waals surface area contributed by atoms with Gasteiger partial charge in [-0.2, -0.15) is 0 Å². The van der Waals surface area contributed by atoms with E-state index in [0.717, 1.165) is 42.8 Å². The summed E-state index contributed by atoms with van der Waals surface area (Å²) in [5.74, 6) is 1.13. The molecule has 2 aromatic rings. The first-order valence-corrected chi connectivity index (χ1v) is 7.91. The fourth-order valence-corrected chi connectivity index (χ4v) is 3.32. The van der Waals surface area contributed by atoms with E-state index in [4.69, 9.17) is 0 Å². The van der Waals surface area contributed by atoms with Crippen LogP contribution in [0, 0.1) is 6.92 Å². The quantitative estimate of drug-likeness (QED) is 0.849. The number of likely N-dealkylation sites (tertiary alicyclic amines) is 1. The number of hydrogen-bond acceptors (Lipinski definition) is 2. The molecule has 1 fully saturated rings. The summed E-state index contributed by atoms with van der Waals surface area (Å²) in [4.78, 5) is 19.4. The number of rotatable bonds is 2. The standard InChI is InChI=1S/C17H23N3O/c1-13(17(21)19-11-7-3-4-8-12-19)20-14(2)18-15-9-5-6-10-16(15)20/h5-6,9-10,13H,3-4,7-8,11-12H2,1-2H3. The van der Waals surface area contributed by atoms with Gasteiger partial charge in [0.2, 0.25) is 5.91 Å². The smallest absolute Gasteiger partial charge is 0.245 e. The van der Waals surface area contributed by atoms with E-state index >= 15 is 0 Å². The van der Waals surface area contributed by atoms with Gasteiger partial charge < -0.3 is 9.47 Å². The van der Waals surface area contributed by atoms with E-state index in [2.05, 4.69) is 9.55 Å². The van der Waals surface area contributed by atoms with E-state index in [9.17, 15) is 4.79 Å². The SMILES string of the molecule is Cc1nc2ccccc2n1C(C)C(=O)N1CCCCCC1. The van der Waals surface area contributed by atoms with Gasteiger partial charge in [-0.1, -0.05) is 25.0 Å². The highest BCUT2D eigenvalue weighted by atomic mass is 16.2. The van der Waals surface area contributed by atoms with E-state index < -0.39 is 0 Å². The average Bonchev–Trinajstić information content (AvgIpc) is 2.67. The lowest BCUT2D eigenvalue weighted by molar-refractivity contribution is -0.134. The molecule has 0 aliphatic carbocycles. The number of carbonyl (C=O) groups is 1. The van der Waals surface area contributed by atoms with Crippen LogP contribution in [-0.2, 0) is 4.79 Å². The topological polar surface area (TPSA) is 38.1 Å². The number of aromatic nitrogens is 2. The van der Waals surface area contributed by atoms with E-state index in [1.807, 2.05) is 43.0 Å². The van der Waals surface area contributed by atoms with Gasteiger partial charge in [-0.25, -0.2) is 4.98 Å². The molecule has 112 valence electrons. The van der Waals surface area contributed by atoms with Crippen molar-refractivity contribution in [3.8, 4) is 0 Å². The second kappa shape index (κ2) is 5.88. The van der Waals surface area contributed by atoms with Crippen LogP contribution in [0.15, 0.2) is 24.3 Å². The third-order valence-electron chi connectivity index (χ3n) is 4.43. The Labute approximate surface area is 125 Å². The summed E-state index contributed by atoms with van der Waals surface area (Å²) in [6.45, 7) is 5.77. The Morgan fingerprint density at radius 3 is 2.52 bits per heavy atom. The first kappa shape index (κ1) is 14.1. The Balaban J connectivity index is 1.90. The summed E-state index contributed by atoms with van der Waals surface area (Å²) in [5.41, 5.74) is 2.01. The van der Waals surface area contributed by atoms with Crippen LogP contribution in [0.4, 0.5) is 0 Å². The van der Waals surface area contributed by atoms with Crippen LogP contribution in [0.1, 0.15) is 44.5 Å². The summed E-state index contributed by atoms with van der Waals surface area (Å²) in [6, 6.07) is 7.85. The van der Waals surface area contributed by atoms with Crippen LogP contribution < -0.4 is 0 Å². The maximum Gasteiger partial charge on any atom is 0.245 e. The Morgan fingerprint density at radius 2 is 1.81 bits per heavy atom. The molecule has 1 aliphatic heterocycles. The number of para-hydroxylation sites is 2. The number of fused-ring (bicyclic) bond motifs is 1. The zero-order chi connectivity index (χ0) is 14.8. The van der Waals surface area contributed by atoms with Gasteiger partial charge in [-0.05, 0) is 38.8 Å². The fourth-order valence-electron chi connectivity index (χ4n) is 3.32. The van der Waals surface area contributed by atoms with Crippen molar-refractivity contribution >= 4 is 16.9 Å². The van der Waals surface area contributed by atoms with E-state index in [1.54, 1.807) is 0 Å². The number of nitrogens with zero attached hydrogens (tertiary/aromatic N) is 3. The molecule has 0 radical (unpaired) electrons. The second-order valence-electron chi connectivity index (χ2n) is 5.93. The maximum atomic E-state index is 12.8. The van der Waals surface area contributed by atoms with Crippen LogP contribution in [0.2, 0.25) is 0 Å². The third kappa shape index (κ3) is 2.67. The third-order valence-corrected chi connectivity index (χ3v) is 4.43. The Hall–Kier alpha value is -1.84. The molecule has 1 amide bonds. The Kier molecular flexibility index (Phi) is 3.95. The van der Waals surface area contributed by atoms with Crippen molar-refractivity contribution in [2.45, 2.75) is 45.6 Å². The summed E-state index contributed by atoms with van der Waals surface area (Å²) in [6.07, 6.45) is 4.74. The van der Waals surface area contributed by atoms with Gasteiger partial charge in [0.15, 0.2) is 0 Å². The predicted octanol–water partition coefficient (Wildman–Crippen LogP) is 3.31. The van der Waals surface area contributed by atoms with Gasteiger partial charge in [0.1, 0.15) is 11.9 Å². The molecule has 0 saturated carbocycles. The van der Waals surface area contributed by atoms with E-state index in [0.29, 0.717) is 0 Å². The average molecular weight is 285 g/mol. The van der Waals surface area contributed by atoms with Crippen molar-refractivity contribution in [1.29, 1.82) is 0 Å². The maximum absolute atomic E-state index is 12.8. The predicted molar refractivity (Wildman–Crippen MR) is 84.2 cm³/mol. The Bertz CT molecular complexity index is 639. The highest BCUT2D eigenvalue weighted by Crippen LogP contribution is 2.23. The monoisotopic (exact) mass is 285 g/mol. The summed E-state index contributed by atoms with van der Waals surface area (Å²) < 4.78 is 2.07. The van der Waals surface area contributed by atoms with Crippen LogP contribution >= 0.6 is 0 Å². The number of carbonyl (C=O) groups excluding carboxylic acids is 1. The van der Waals surface area contributed by atoms with Gasteiger partial charge in [-0.3, -0.25) is 4.79 Å². The fraction of sp³-hybridized carbons (Fsp3) is 0.529. The Morgan fingerprint density at radius 1 is 1.14 bits per heavy atom. The van der Waals surface area contributed by atoms with Crippen molar-refractivity contribution < 1.29 is 4.79 Å². The summed E-state index contributed by atoms with van der Waals surface area (Å²) >= 11 is 0. The molecule has 0 bridgehead atoms. The van der Waals surface area contributed by atoms with Gasteiger partial charge in [0.05, 0.1) is 11.0 Å². The lowest BCUT2D eigenvalue weighted by Crippen LogP contribution is -2.37. The lowest BCUT2D eigenvalue weighted by Gasteiger charge is -2.25. The summed E-state index contributed by atoms with van der Waals surface area (Å²) in [5, 5.41) is 0. The van der Waals surface area contributed by atoms with Crippen LogP contribution in [-0.4, -0.2) is 33.4 Å². The molecule has 1 atom stereocenters. The first-order valence-electron chi connectivity index (χ1n) is 7.91. The van der Waals surface area contributed by atoms with Gasteiger partial charge in [0, 0.05) is 13.1 Å². The van der Waals surface area contributed by atoms with Crippen molar-refractivity contribution in [3.63, 3.8) is 0 Å². The highest BCUT2D eigenvalue weighted by molar-refractivity contribution is 5.84. The largest absolute Gasteiger partial charge is 0.341 e. The molecule has 4 nitrogen and oxygen atoms in total. The normalized spacial score (nSPS) is 17.7. The van der Waals surface area contributed by atoms with Crippen LogP contribution in [0.25, 0.3) is 11.0 Å². The van der Waals surface area contributed by atoms with Gasteiger partial charge >= 0.3 is 0 Å². The van der Waals surface area contributed by atoms with Crippen molar-refractivity contribution in [2.75, 3.05) is 13.1 Å². The molecule has 1 aromatic carbocycles. The number of amides is 1. The molecule has 3 rings (SSSR count). The first-order chi connectivity index (χ1) is 10.2. The molecular formula is C17H23N3O. The molecule has 1 aliphatic rings. The number of aryl methyl sites for hydroxylation is 1. The molecule has 1 aromatic heterocycles. The number of benzene rings is 1. The van der Waals surface area contributed by atoms with Crippen LogP contribution in [0.5, 0.6) is 0 Å². The molecular weight excluding hydrogens is 262 g/mol. The van der Waals surface area contributed by atoms with Gasteiger partial charge in [-0.15, -0.1) is 0 Å². The molecule has 2 heterocycles. The number of imidazole rings is 1. The van der Waals surface area contributed by atoms with E-state index in [1.165, 1.54) is 12.8 Å². The minimum Gasteiger partial charge on any atom is -0.341 e. The minimum atomic E-state index is -0.185.